The minimum Gasteiger partial charge on any atom is -0.354 e. The summed E-state index contributed by atoms with van der Waals surface area (Å²) in [4.78, 5) is 9.95. The molecule has 0 spiro atoms. The van der Waals surface area contributed by atoms with Crippen LogP contribution in [0.2, 0.25) is 0 Å². The van der Waals surface area contributed by atoms with Gasteiger partial charge in [-0.1, -0.05) is 6.92 Å². The van der Waals surface area contributed by atoms with E-state index in [9.17, 15) is 4.39 Å². The molecule has 0 saturated heterocycles. The van der Waals surface area contributed by atoms with Crippen LogP contribution in [0, 0.1) is 5.82 Å². The fourth-order valence-corrected chi connectivity index (χ4v) is 2.93. The normalized spacial score (nSPS) is 10.6. The third-order valence-electron chi connectivity index (χ3n) is 2.66. The number of hydrogen-bond acceptors (Lipinski definition) is 5. The monoisotopic (exact) mass is 358 g/mol. The number of nitrogens with zero attached hydrogens (tertiary/aromatic N) is 3. The van der Waals surface area contributed by atoms with Crippen LogP contribution in [0.5, 0.6) is 0 Å². The molecule has 0 atom stereocenters. The molecule has 7 heteroatoms. The lowest BCUT2D eigenvalue weighted by molar-refractivity contribution is 0.607. The molecule has 0 aliphatic carbocycles. The Morgan fingerprint density at radius 1 is 1.50 bits per heavy atom. The van der Waals surface area contributed by atoms with Gasteiger partial charge >= 0.3 is 0 Å². The van der Waals surface area contributed by atoms with Gasteiger partial charge in [-0.2, -0.15) is 4.98 Å². The van der Waals surface area contributed by atoms with Crippen molar-refractivity contribution in [2.24, 2.45) is 0 Å². The fraction of sp³-hybridized carbons (Fsp3) is 0.385. The summed E-state index contributed by atoms with van der Waals surface area (Å²) in [6.07, 6.45) is 2.18. The first-order chi connectivity index (χ1) is 9.60. The van der Waals surface area contributed by atoms with Gasteiger partial charge in [0.25, 0.3) is 0 Å². The lowest BCUT2D eigenvalue weighted by atomic mass is 10.3. The molecular weight excluding hydrogens is 343 g/mol. The van der Waals surface area contributed by atoms with Gasteiger partial charge in [0, 0.05) is 20.1 Å². The van der Waals surface area contributed by atoms with Crippen molar-refractivity contribution in [3.63, 3.8) is 0 Å². The molecule has 108 valence electrons. The molecule has 0 radical (unpaired) electrons. The second-order valence-corrected chi connectivity index (χ2v) is 6.70. The minimum absolute atomic E-state index is 0.306. The van der Waals surface area contributed by atoms with Crippen LogP contribution in [0.15, 0.2) is 21.4 Å². The minimum atomic E-state index is -0.413. The molecule has 0 amide bonds. The Morgan fingerprint density at radius 2 is 2.30 bits per heavy atom. The fourth-order valence-electron chi connectivity index (χ4n) is 1.73. The van der Waals surface area contributed by atoms with E-state index >= 15 is 0 Å². The zero-order valence-corrected chi connectivity index (χ0v) is 13.8. The van der Waals surface area contributed by atoms with Gasteiger partial charge in [-0.3, -0.25) is 0 Å². The van der Waals surface area contributed by atoms with Crippen LogP contribution in [0.25, 0.3) is 0 Å². The summed E-state index contributed by atoms with van der Waals surface area (Å²) in [5.41, 5.74) is 1.12. The zero-order valence-electron chi connectivity index (χ0n) is 11.4. The molecule has 0 aliphatic heterocycles. The van der Waals surface area contributed by atoms with Gasteiger partial charge in [-0.25, -0.2) is 9.37 Å². The smallest absolute Gasteiger partial charge is 0.224 e. The highest BCUT2D eigenvalue weighted by atomic mass is 79.9. The number of hydrogen-bond donors (Lipinski definition) is 1. The van der Waals surface area contributed by atoms with Gasteiger partial charge in [-0.05, 0) is 39.4 Å². The molecule has 2 aromatic heterocycles. The predicted octanol–water partition coefficient (Wildman–Crippen LogP) is 3.90. The van der Waals surface area contributed by atoms with Crippen LogP contribution in [-0.2, 0) is 6.54 Å². The summed E-state index contributed by atoms with van der Waals surface area (Å²) in [5.74, 6) is 0.353. The Bertz CT molecular complexity index is 575. The van der Waals surface area contributed by atoms with Crippen LogP contribution in [0.3, 0.4) is 0 Å². The molecule has 4 nitrogen and oxygen atoms in total. The van der Waals surface area contributed by atoms with E-state index < -0.39 is 5.82 Å². The van der Waals surface area contributed by atoms with E-state index in [0.717, 1.165) is 22.3 Å². The van der Waals surface area contributed by atoms with E-state index in [0.29, 0.717) is 18.3 Å². The maximum atomic E-state index is 13.8. The van der Waals surface area contributed by atoms with Gasteiger partial charge in [0.2, 0.25) is 5.95 Å². The van der Waals surface area contributed by atoms with Crippen molar-refractivity contribution in [2.45, 2.75) is 19.9 Å². The molecular formula is C13H16BrFN4S. The third-order valence-corrected chi connectivity index (χ3v) is 4.22. The number of nitrogens with one attached hydrogen (secondary N) is 1. The van der Waals surface area contributed by atoms with E-state index in [1.54, 1.807) is 16.2 Å². The van der Waals surface area contributed by atoms with Crippen LogP contribution in [0.1, 0.15) is 18.9 Å². The van der Waals surface area contributed by atoms with Crippen LogP contribution in [0.4, 0.5) is 16.2 Å². The molecule has 0 aromatic carbocycles. The molecule has 0 fully saturated rings. The Labute approximate surface area is 130 Å². The van der Waals surface area contributed by atoms with Gasteiger partial charge in [0.1, 0.15) is 0 Å². The van der Waals surface area contributed by atoms with E-state index in [2.05, 4.69) is 38.1 Å². The molecule has 2 heterocycles. The second-order valence-electron chi connectivity index (χ2n) is 4.41. The lowest BCUT2D eigenvalue weighted by Gasteiger charge is -2.18. The van der Waals surface area contributed by atoms with Crippen molar-refractivity contribution in [2.75, 3.05) is 23.8 Å². The van der Waals surface area contributed by atoms with E-state index in [1.165, 1.54) is 6.20 Å². The average Bonchev–Trinajstić information content (AvgIpc) is 2.83. The highest BCUT2D eigenvalue weighted by Gasteiger charge is 2.12. The predicted molar refractivity (Wildman–Crippen MR) is 84.9 cm³/mol. The molecule has 0 saturated carbocycles. The zero-order chi connectivity index (χ0) is 14.5. The highest BCUT2D eigenvalue weighted by Crippen LogP contribution is 2.24. The quantitative estimate of drug-likeness (QED) is 0.850. The first-order valence-electron chi connectivity index (χ1n) is 6.30. The molecule has 0 bridgehead atoms. The standard InChI is InChI=1S/C13H16BrFN4S/c1-3-4-16-13-17-6-10(15)12(18-13)19(2)7-9-5-11(14)20-8-9/h5-6,8H,3-4,7H2,1-2H3,(H,16,17,18). The first-order valence-corrected chi connectivity index (χ1v) is 7.98. The van der Waals surface area contributed by atoms with Crippen molar-refractivity contribution in [3.8, 4) is 0 Å². The van der Waals surface area contributed by atoms with Crippen molar-refractivity contribution in [3.05, 3.63) is 32.8 Å². The van der Waals surface area contributed by atoms with Gasteiger partial charge in [0.15, 0.2) is 11.6 Å². The van der Waals surface area contributed by atoms with E-state index in [-0.39, 0.29) is 0 Å². The van der Waals surface area contributed by atoms with Crippen LogP contribution >= 0.6 is 27.3 Å². The van der Waals surface area contributed by atoms with Gasteiger partial charge in [-0.15, -0.1) is 11.3 Å². The summed E-state index contributed by atoms with van der Waals surface area (Å²) in [7, 11) is 1.82. The SMILES string of the molecule is CCCNc1ncc(F)c(N(C)Cc2csc(Br)c2)n1. The molecule has 2 aromatic rings. The highest BCUT2D eigenvalue weighted by molar-refractivity contribution is 9.11. The first kappa shape index (κ1) is 15.2. The second kappa shape index (κ2) is 6.99. The van der Waals surface area contributed by atoms with Gasteiger partial charge < -0.3 is 10.2 Å². The van der Waals surface area contributed by atoms with Crippen molar-refractivity contribution in [1.29, 1.82) is 0 Å². The number of halogens is 2. The van der Waals surface area contributed by atoms with Crippen molar-refractivity contribution < 1.29 is 4.39 Å². The maximum Gasteiger partial charge on any atom is 0.224 e. The van der Waals surface area contributed by atoms with Crippen molar-refractivity contribution >= 4 is 39.0 Å². The summed E-state index contributed by atoms with van der Waals surface area (Å²) in [5, 5.41) is 5.10. The van der Waals surface area contributed by atoms with Gasteiger partial charge in [0.05, 0.1) is 9.98 Å². The van der Waals surface area contributed by atoms with Crippen LogP contribution in [-0.4, -0.2) is 23.6 Å². The Balaban J connectivity index is 2.13. The Hall–Kier alpha value is -1.21. The number of aromatic nitrogens is 2. The van der Waals surface area contributed by atoms with Crippen molar-refractivity contribution in [1.82, 2.24) is 9.97 Å². The number of thiophene rings is 1. The number of anilines is 2. The topological polar surface area (TPSA) is 41.1 Å². The van der Waals surface area contributed by atoms with E-state index in [1.807, 2.05) is 18.5 Å². The third kappa shape index (κ3) is 3.89. The summed E-state index contributed by atoms with van der Waals surface area (Å²) in [6, 6.07) is 2.02. The Kier molecular flexibility index (Phi) is 5.31. The summed E-state index contributed by atoms with van der Waals surface area (Å²) < 4.78 is 14.9. The Morgan fingerprint density at radius 3 is 2.95 bits per heavy atom. The molecule has 0 unspecified atom stereocenters. The molecule has 1 N–H and O–H groups in total. The lowest BCUT2D eigenvalue weighted by Crippen LogP contribution is -2.20. The molecule has 2 rings (SSSR count). The number of rotatable bonds is 6. The van der Waals surface area contributed by atoms with Crippen LogP contribution < -0.4 is 10.2 Å². The molecule has 0 aliphatic rings. The maximum absolute atomic E-state index is 13.8. The van der Waals surface area contributed by atoms with E-state index in [4.69, 9.17) is 0 Å². The largest absolute Gasteiger partial charge is 0.354 e. The summed E-state index contributed by atoms with van der Waals surface area (Å²) in [6.45, 7) is 3.42. The molecule has 20 heavy (non-hydrogen) atoms. The average molecular weight is 359 g/mol. The summed E-state index contributed by atoms with van der Waals surface area (Å²) >= 11 is 5.03.